The fourth-order valence-corrected chi connectivity index (χ4v) is 4.25. The van der Waals surface area contributed by atoms with Gasteiger partial charge in [0.1, 0.15) is 11.5 Å². The fraction of sp³-hybridized carbons (Fsp3) is 0.318. The summed E-state index contributed by atoms with van der Waals surface area (Å²) in [7, 11) is 0. The van der Waals surface area contributed by atoms with Gasteiger partial charge in [-0.1, -0.05) is 36.4 Å². The number of hydrogen-bond acceptors (Lipinski definition) is 5. The van der Waals surface area contributed by atoms with Gasteiger partial charge in [0.25, 0.3) is 0 Å². The van der Waals surface area contributed by atoms with Crippen molar-refractivity contribution in [1.82, 2.24) is 15.1 Å². The van der Waals surface area contributed by atoms with Gasteiger partial charge >= 0.3 is 12.1 Å². The van der Waals surface area contributed by atoms with Gasteiger partial charge in [-0.3, -0.25) is 4.79 Å². The third-order valence-corrected chi connectivity index (χ3v) is 5.69. The predicted octanol–water partition coefficient (Wildman–Crippen LogP) is 4.73. The Morgan fingerprint density at radius 2 is 1.65 bits per heavy atom. The van der Waals surface area contributed by atoms with Crippen LogP contribution in [0.1, 0.15) is 47.6 Å². The normalized spacial score (nSPS) is 18.8. The molecule has 0 N–H and O–H groups in total. The molecule has 1 amide bonds. The molecule has 0 unspecified atom stereocenters. The number of fused-ring (bicyclic) bond motifs is 2. The van der Waals surface area contributed by atoms with Crippen molar-refractivity contribution in [3.63, 3.8) is 0 Å². The minimum Gasteiger partial charge on any atom is -0.457 e. The topological polar surface area (TPSA) is 68.5 Å². The quantitative estimate of drug-likeness (QED) is 0.589. The van der Waals surface area contributed by atoms with Gasteiger partial charge < -0.3 is 14.1 Å². The van der Waals surface area contributed by atoms with Crippen LogP contribution in [0.5, 0.6) is 11.5 Å². The van der Waals surface area contributed by atoms with Gasteiger partial charge in [0.2, 0.25) is 11.8 Å². The van der Waals surface area contributed by atoms with E-state index in [1.807, 2.05) is 48.5 Å². The zero-order chi connectivity index (χ0) is 21.6. The molecule has 0 radical (unpaired) electrons. The van der Waals surface area contributed by atoms with Crippen LogP contribution in [0.15, 0.2) is 52.9 Å². The van der Waals surface area contributed by atoms with Crippen LogP contribution in [0, 0.1) is 0 Å². The number of likely N-dealkylation sites (tertiary alicyclic amines) is 1. The van der Waals surface area contributed by atoms with Crippen LogP contribution in [0.25, 0.3) is 0 Å². The lowest BCUT2D eigenvalue weighted by Crippen LogP contribution is -2.42. The monoisotopic (exact) mass is 429 g/mol. The van der Waals surface area contributed by atoms with E-state index in [2.05, 4.69) is 10.2 Å². The summed E-state index contributed by atoms with van der Waals surface area (Å²) in [4.78, 5) is 15.3. The van der Waals surface area contributed by atoms with E-state index in [0.29, 0.717) is 30.9 Å². The van der Waals surface area contributed by atoms with Gasteiger partial charge in [-0.25, -0.2) is 0 Å². The highest BCUT2D eigenvalue weighted by Crippen LogP contribution is 2.45. The van der Waals surface area contributed by atoms with Crippen molar-refractivity contribution >= 4 is 5.91 Å². The van der Waals surface area contributed by atoms with Crippen molar-refractivity contribution in [3.05, 3.63) is 71.4 Å². The van der Waals surface area contributed by atoms with Crippen molar-refractivity contribution in [3.8, 4) is 11.5 Å². The maximum atomic E-state index is 13.6. The molecule has 3 aromatic rings. The zero-order valence-electron chi connectivity index (χ0n) is 16.3. The van der Waals surface area contributed by atoms with E-state index in [0.717, 1.165) is 11.1 Å². The summed E-state index contributed by atoms with van der Waals surface area (Å²) in [5, 5.41) is 6.71. The van der Waals surface area contributed by atoms with E-state index in [-0.39, 0.29) is 18.3 Å². The largest absolute Gasteiger partial charge is 0.470 e. The molecular weight excluding hydrogens is 411 g/mol. The van der Waals surface area contributed by atoms with Crippen molar-refractivity contribution < 1.29 is 27.1 Å². The van der Waals surface area contributed by atoms with Crippen LogP contribution in [0.4, 0.5) is 13.2 Å². The molecule has 2 aromatic carbocycles. The number of aromatic nitrogens is 2. The Bertz CT molecular complexity index is 1080. The van der Waals surface area contributed by atoms with Crippen molar-refractivity contribution in [1.29, 1.82) is 0 Å². The summed E-state index contributed by atoms with van der Waals surface area (Å²) in [6, 6.07) is 14.8. The number of piperidine rings is 1. The number of halogens is 3. The second-order valence-corrected chi connectivity index (χ2v) is 7.68. The van der Waals surface area contributed by atoms with Crippen molar-refractivity contribution in [2.45, 2.75) is 30.9 Å². The highest BCUT2D eigenvalue weighted by atomic mass is 19.4. The number of alkyl halides is 3. The molecule has 5 rings (SSSR count). The van der Waals surface area contributed by atoms with Crippen LogP contribution in [0.3, 0.4) is 0 Å². The summed E-state index contributed by atoms with van der Waals surface area (Å²) in [5.74, 6) is -1.31. The summed E-state index contributed by atoms with van der Waals surface area (Å²) >= 11 is 0. The first-order valence-corrected chi connectivity index (χ1v) is 9.97. The molecule has 31 heavy (non-hydrogen) atoms. The Kier molecular flexibility index (Phi) is 4.68. The van der Waals surface area contributed by atoms with Crippen LogP contribution in [-0.2, 0) is 11.0 Å². The Morgan fingerprint density at radius 3 is 2.26 bits per heavy atom. The van der Waals surface area contributed by atoms with E-state index in [9.17, 15) is 18.0 Å². The molecule has 2 aliphatic heterocycles. The third-order valence-electron chi connectivity index (χ3n) is 5.69. The van der Waals surface area contributed by atoms with Gasteiger partial charge in [-0.2, -0.15) is 13.2 Å². The lowest BCUT2D eigenvalue weighted by molar-refractivity contribution is -0.157. The van der Waals surface area contributed by atoms with Gasteiger partial charge in [0.05, 0.1) is 11.8 Å². The molecule has 0 aliphatic carbocycles. The van der Waals surface area contributed by atoms with Crippen LogP contribution >= 0.6 is 0 Å². The maximum Gasteiger partial charge on any atom is 0.470 e. The highest BCUT2D eigenvalue weighted by Gasteiger charge is 2.41. The van der Waals surface area contributed by atoms with Gasteiger partial charge in [-0.15, -0.1) is 10.2 Å². The molecule has 1 saturated heterocycles. The van der Waals surface area contributed by atoms with Gasteiger partial charge in [0, 0.05) is 24.2 Å². The summed E-state index contributed by atoms with van der Waals surface area (Å²) in [5.41, 5.74) is 1.54. The number of hydrogen-bond donors (Lipinski definition) is 0. The van der Waals surface area contributed by atoms with E-state index >= 15 is 0 Å². The smallest absolute Gasteiger partial charge is 0.457 e. The molecule has 160 valence electrons. The molecule has 1 fully saturated rings. The SMILES string of the molecule is O=C(C1c2ccccc2Oc2ccccc21)N1CCC[C@H](c2nnc(C(F)(F)F)o2)C1. The lowest BCUT2D eigenvalue weighted by Gasteiger charge is -2.36. The van der Waals surface area contributed by atoms with E-state index < -0.39 is 23.9 Å². The fourth-order valence-electron chi connectivity index (χ4n) is 4.25. The molecule has 9 heteroatoms. The van der Waals surface area contributed by atoms with E-state index in [1.165, 1.54) is 0 Å². The molecule has 1 atom stereocenters. The number of benzene rings is 2. The Balaban J connectivity index is 1.44. The predicted molar refractivity (Wildman–Crippen MR) is 103 cm³/mol. The molecule has 3 heterocycles. The molecule has 1 aromatic heterocycles. The number of nitrogens with zero attached hydrogens (tertiary/aromatic N) is 3. The number of carbonyl (C=O) groups excluding carboxylic acids is 1. The first-order chi connectivity index (χ1) is 14.9. The summed E-state index contributed by atoms with van der Waals surface area (Å²) in [6.45, 7) is 0.733. The first-order valence-electron chi connectivity index (χ1n) is 9.97. The second-order valence-electron chi connectivity index (χ2n) is 7.68. The number of para-hydroxylation sites is 2. The molecule has 2 aliphatic rings. The molecule has 0 saturated carbocycles. The van der Waals surface area contributed by atoms with Gasteiger partial charge in [-0.05, 0) is 25.0 Å². The molecular formula is C22H18F3N3O3. The average molecular weight is 429 g/mol. The van der Waals surface area contributed by atoms with Crippen molar-refractivity contribution in [2.24, 2.45) is 0 Å². The third kappa shape index (κ3) is 3.54. The molecule has 0 spiro atoms. The number of ether oxygens (including phenoxy) is 1. The Hall–Kier alpha value is -3.36. The standard InChI is InChI=1S/C22H18F3N3O3/c23-22(24,25)21-27-26-19(31-21)13-6-5-11-28(12-13)20(29)18-14-7-1-3-9-16(14)30-17-10-4-2-8-15(17)18/h1-4,7-10,13,18H,5-6,11-12H2/t13-/m0/s1. The van der Waals surface area contributed by atoms with Crippen molar-refractivity contribution in [2.75, 3.05) is 13.1 Å². The maximum absolute atomic E-state index is 13.6. The Labute approximate surface area is 175 Å². The molecule has 6 nitrogen and oxygen atoms in total. The summed E-state index contributed by atoms with van der Waals surface area (Å²) in [6.07, 6.45) is -3.48. The number of amides is 1. The number of rotatable bonds is 2. The van der Waals surface area contributed by atoms with E-state index in [1.54, 1.807) is 4.90 Å². The minimum atomic E-state index is -4.69. The zero-order valence-corrected chi connectivity index (χ0v) is 16.3. The van der Waals surface area contributed by atoms with Crippen LogP contribution in [0.2, 0.25) is 0 Å². The van der Waals surface area contributed by atoms with Crippen LogP contribution < -0.4 is 4.74 Å². The second kappa shape index (κ2) is 7.40. The highest BCUT2D eigenvalue weighted by molar-refractivity contribution is 5.89. The van der Waals surface area contributed by atoms with E-state index in [4.69, 9.17) is 9.15 Å². The summed E-state index contributed by atoms with van der Waals surface area (Å²) < 4.78 is 49.3. The average Bonchev–Trinajstić information content (AvgIpc) is 3.28. The van der Waals surface area contributed by atoms with Crippen LogP contribution in [-0.4, -0.2) is 34.1 Å². The Morgan fingerprint density at radius 1 is 1.00 bits per heavy atom. The molecule has 0 bridgehead atoms. The first kappa shape index (κ1) is 19.6. The number of carbonyl (C=O) groups is 1. The lowest BCUT2D eigenvalue weighted by atomic mass is 9.86. The van der Waals surface area contributed by atoms with Gasteiger partial charge in [0.15, 0.2) is 0 Å². The minimum absolute atomic E-state index is 0.0856.